The second kappa shape index (κ2) is 4.42. The normalized spacial score (nSPS) is 22.5. The van der Waals surface area contributed by atoms with Crippen LogP contribution < -0.4 is 0 Å². The van der Waals surface area contributed by atoms with Gasteiger partial charge < -0.3 is 4.98 Å². The number of hydrogen-bond donors (Lipinski definition) is 1. The Balaban J connectivity index is 2.30. The molecule has 96 valence electrons. The van der Waals surface area contributed by atoms with Crippen molar-refractivity contribution >= 4 is 10.0 Å². The van der Waals surface area contributed by atoms with Crippen molar-refractivity contribution in [2.45, 2.75) is 44.9 Å². The summed E-state index contributed by atoms with van der Waals surface area (Å²) in [4.78, 5) is 7.40. The minimum Gasteiger partial charge on any atom is -0.345 e. The summed E-state index contributed by atoms with van der Waals surface area (Å²) in [6.07, 6.45) is 3.49. The zero-order valence-corrected chi connectivity index (χ0v) is 11.3. The minimum atomic E-state index is -3.19. The molecule has 0 aliphatic carbocycles. The molecule has 6 heteroatoms. The van der Waals surface area contributed by atoms with Crippen molar-refractivity contribution < 1.29 is 8.42 Å². The molecule has 2 heterocycles. The SMILES string of the molecule is Cc1cnc([C@H]2CCCN2S(=O)(=O)C(C)C)[nH]1. The van der Waals surface area contributed by atoms with E-state index in [-0.39, 0.29) is 11.3 Å². The van der Waals surface area contributed by atoms with Gasteiger partial charge in [0.1, 0.15) is 5.82 Å². The van der Waals surface area contributed by atoms with Gasteiger partial charge in [-0.3, -0.25) is 0 Å². The second-order valence-corrected chi connectivity index (χ2v) is 7.26. The molecule has 0 unspecified atom stereocenters. The van der Waals surface area contributed by atoms with Gasteiger partial charge in [-0.05, 0) is 33.6 Å². The van der Waals surface area contributed by atoms with E-state index < -0.39 is 10.0 Å². The molecule has 0 spiro atoms. The van der Waals surface area contributed by atoms with Crippen molar-refractivity contribution in [2.75, 3.05) is 6.54 Å². The molecule has 0 amide bonds. The van der Waals surface area contributed by atoms with E-state index in [1.165, 1.54) is 0 Å². The highest BCUT2D eigenvalue weighted by molar-refractivity contribution is 7.89. The highest BCUT2D eigenvalue weighted by Crippen LogP contribution is 2.33. The lowest BCUT2D eigenvalue weighted by Crippen LogP contribution is -2.36. The lowest BCUT2D eigenvalue weighted by molar-refractivity contribution is 0.381. The van der Waals surface area contributed by atoms with Gasteiger partial charge in [0.05, 0.1) is 11.3 Å². The van der Waals surface area contributed by atoms with Crippen LogP contribution >= 0.6 is 0 Å². The van der Waals surface area contributed by atoms with Gasteiger partial charge in [-0.2, -0.15) is 4.31 Å². The molecule has 0 aromatic carbocycles. The first-order valence-electron chi connectivity index (χ1n) is 5.95. The number of H-pyrrole nitrogens is 1. The summed E-state index contributed by atoms with van der Waals surface area (Å²) in [5.41, 5.74) is 0.966. The molecular formula is C11H19N3O2S. The monoisotopic (exact) mass is 257 g/mol. The Kier molecular flexibility index (Phi) is 3.27. The van der Waals surface area contributed by atoms with Crippen LogP contribution in [0.5, 0.6) is 0 Å². The zero-order valence-electron chi connectivity index (χ0n) is 10.5. The third kappa shape index (κ3) is 2.24. The van der Waals surface area contributed by atoms with E-state index in [1.807, 2.05) is 6.92 Å². The highest BCUT2D eigenvalue weighted by atomic mass is 32.2. The van der Waals surface area contributed by atoms with Gasteiger partial charge in [0.15, 0.2) is 0 Å². The Labute approximate surface area is 102 Å². The van der Waals surface area contributed by atoms with E-state index in [0.717, 1.165) is 24.4 Å². The summed E-state index contributed by atoms with van der Waals surface area (Å²) < 4.78 is 26.0. The van der Waals surface area contributed by atoms with Crippen molar-refractivity contribution in [1.29, 1.82) is 0 Å². The Morgan fingerprint density at radius 1 is 1.53 bits per heavy atom. The molecule has 2 rings (SSSR count). The van der Waals surface area contributed by atoms with Gasteiger partial charge in [0.25, 0.3) is 0 Å². The number of hydrogen-bond acceptors (Lipinski definition) is 3. The molecule has 0 bridgehead atoms. The number of aryl methyl sites for hydroxylation is 1. The molecule has 0 radical (unpaired) electrons. The minimum absolute atomic E-state index is 0.115. The van der Waals surface area contributed by atoms with Crippen LogP contribution in [0.3, 0.4) is 0 Å². The highest BCUT2D eigenvalue weighted by Gasteiger charge is 2.37. The van der Waals surface area contributed by atoms with Crippen LogP contribution in [-0.4, -0.2) is 34.5 Å². The molecule has 1 aromatic rings. The predicted molar refractivity (Wildman–Crippen MR) is 66.1 cm³/mol. The maximum atomic E-state index is 12.2. The van der Waals surface area contributed by atoms with Crippen molar-refractivity contribution in [2.24, 2.45) is 0 Å². The summed E-state index contributed by atoms with van der Waals surface area (Å²) in [6, 6.07) is -0.115. The lowest BCUT2D eigenvalue weighted by Gasteiger charge is -2.24. The smallest absolute Gasteiger partial charge is 0.217 e. The molecule has 0 saturated carbocycles. The fourth-order valence-electron chi connectivity index (χ4n) is 2.19. The average molecular weight is 257 g/mol. The zero-order chi connectivity index (χ0) is 12.6. The largest absolute Gasteiger partial charge is 0.345 e. The summed E-state index contributed by atoms with van der Waals surface area (Å²) in [5, 5.41) is -0.376. The first-order chi connectivity index (χ1) is 7.93. The van der Waals surface area contributed by atoms with E-state index in [0.29, 0.717) is 6.54 Å². The van der Waals surface area contributed by atoms with Crippen LogP contribution in [0.4, 0.5) is 0 Å². The molecular weight excluding hydrogens is 238 g/mol. The molecule has 1 aromatic heterocycles. The standard InChI is InChI=1S/C11H19N3O2S/c1-8(2)17(15,16)14-6-4-5-10(14)11-12-7-9(3)13-11/h7-8,10H,4-6H2,1-3H3,(H,12,13)/t10-/m1/s1. The fourth-order valence-corrected chi connectivity index (χ4v) is 3.68. The number of nitrogens with zero attached hydrogens (tertiary/aromatic N) is 2. The third-order valence-corrected chi connectivity index (χ3v) is 5.45. The van der Waals surface area contributed by atoms with E-state index in [4.69, 9.17) is 0 Å². The summed E-state index contributed by atoms with van der Waals surface area (Å²) in [5.74, 6) is 0.768. The van der Waals surface area contributed by atoms with Gasteiger partial charge >= 0.3 is 0 Å². The van der Waals surface area contributed by atoms with Crippen molar-refractivity contribution in [3.63, 3.8) is 0 Å². The summed E-state index contributed by atoms with van der Waals surface area (Å²) >= 11 is 0. The van der Waals surface area contributed by atoms with Crippen molar-refractivity contribution in [3.8, 4) is 0 Å². The number of aromatic amines is 1. The van der Waals surface area contributed by atoms with Crippen LogP contribution in [-0.2, 0) is 10.0 Å². The molecule has 1 aliphatic rings. The number of rotatable bonds is 3. The van der Waals surface area contributed by atoms with Crippen LogP contribution in [0.2, 0.25) is 0 Å². The van der Waals surface area contributed by atoms with Crippen molar-refractivity contribution in [3.05, 3.63) is 17.7 Å². The molecule has 17 heavy (non-hydrogen) atoms. The van der Waals surface area contributed by atoms with Gasteiger partial charge in [-0.1, -0.05) is 0 Å². The number of nitrogens with one attached hydrogen (secondary N) is 1. The van der Waals surface area contributed by atoms with E-state index in [2.05, 4.69) is 9.97 Å². The lowest BCUT2D eigenvalue weighted by atomic mass is 10.2. The first kappa shape index (κ1) is 12.6. The van der Waals surface area contributed by atoms with E-state index in [1.54, 1.807) is 24.3 Å². The summed E-state index contributed by atoms with van der Waals surface area (Å²) in [6.45, 7) is 5.97. The fraction of sp³-hybridized carbons (Fsp3) is 0.727. The molecule has 1 aliphatic heterocycles. The van der Waals surface area contributed by atoms with Crippen molar-refractivity contribution in [1.82, 2.24) is 14.3 Å². The van der Waals surface area contributed by atoms with Crippen LogP contribution in [0.1, 0.15) is 44.2 Å². The second-order valence-electron chi connectivity index (χ2n) is 4.81. The molecule has 1 fully saturated rings. The Hall–Kier alpha value is -0.880. The third-order valence-electron chi connectivity index (χ3n) is 3.16. The van der Waals surface area contributed by atoms with Crippen LogP contribution in [0, 0.1) is 6.92 Å². The predicted octanol–water partition coefficient (Wildman–Crippen LogP) is 1.59. The van der Waals surface area contributed by atoms with E-state index >= 15 is 0 Å². The molecule has 1 saturated heterocycles. The quantitative estimate of drug-likeness (QED) is 0.894. The van der Waals surface area contributed by atoms with Gasteiger partial charge in [-0.25, -0.2) is 13.4 Å². The number of aromatic nitrogens is 2. The maximum absolute atomic E-state index is 12.2. The molecule has 1 atom stereocenters. The van der Waals surface area contributed by atoms with Gasteiger partial charge in [-0.15, -0.1) is 0 Å². The van der Waals surface area contributed by atoms with Crippen LogP contribution in [0.15, 0.2) is 6.20 Å². The Morgan fingerprint density at radius 2 is 2.24 bits per heavy atom. The number of sulfonamides is 1. The number of imidazole rings is 1. The van der Waals surface area contributed by atoms with Crippen LogP contribution in [0.25, 0.3) is 0 Å². The Bertz CT molecular complexity index is 493. The van der Waals surface area contributed by atoms with Gasteiger partial charge in [0, 0.05) is 18.4 Å². The average Bonchev–Trinajstić information content (AvgIpc) is 2.84. The topological polar surface area (TPSA) is 66.1 Å². The van der Waals surface area contributed by atoms with E-state index in [9.17, 15) is 8.42 Å². The molecule has 1 N–H and O–H groups in total. The first-order valence-corrected chi connectivity index (χ1v) is 7.45. The van der Waals surface area contributed by atoms with Gasteiger partial charge in [0.2, 0.25) is 10.0 Å². The Morgan fingerprint density at radius 3 is 2.76 bits per heavy atom. The summed E-state index contributed by atoms with van der Waals surface area (Å²) in [7, 11) is -3.19. The molecule has 5 nitrogen and oxygen atoms in total. The maximum Gasteiger partial charge on any atom is 0.217 e.